The Morgan fingerprint density at radius 3 is 2.60 bits per heavy atom. The Balaban J connectivity index is 1.86. The van der Waals surface area contributed by atoms with Crippen LogP contribution in [0.1, 0.15) is 5.69 Å². The summed E-state index contributed by atoms with van der Waals surface area (Å²) in [4.78, 5) is 45.4. The van der Waals surface area contributed by atoms with Gasteiger partial charge in [-0.05, 0) is 37.3 Å². The first kappa shape index (κ1) is 29.5. The smallest absolute Gasteiger partial charge is 0.342 e. The molecule has 3 aromatic heterocycles. The number of piperazine rings is 1. The maximum atomic E-state index is 15.8. The minimum atomic E-state index is -3.91. The number of rotatable bonds is 6. The molecule has 4 heterocycles. The molecule has 0 N–H and O–H groups in total. The predicted molar refractivity (Wildman–Crippen MR) is 156 cm³/mol. The van der Waals surface area contributed by atoms with Crippen molar-refractivity contribution < 1.29 is 22.0 Å². The van der Waals surface area contributed by atoms with Crippen LogP contribution in [0.2, 0.25) is 0 Å². The lowest BCUT2D eigenvalue weighted by molar-refractivity contribution is -0.126. The van der Waals surface area contributed by atoms with Gasteiger partial charge in [-0.3, -0.25) is 9.78 Å². The molecule has 0 bridgehead atoms. The fourth-order valence-electron chi connectivity index (χ4n) is 5.20. The van der Waals surface area contributed by atoms with Crippen LogP contribution in [0, 0.1) is 25.1 Å². The number of carbonyl (C=O) groups is 1. The highest BCUT2D eigenvalue weighted by Crippen LogP contribution is 2.33. The van der Waals surface area contributed by atoms with Gasteiger partial charge in [0.05, 0.1) is 21.7 Å². The van der Waals surface area contributed by atoms with Gasteiger partial charge in [-0.15, -0.1) is 0 Å². The maximum Gasteiger partial charge on any atom is 0.355 e. The summed E-state index contributed by atoms with van der Waals surface area (Å²) in [5, 5.41) is 0.0124. The largest absolute Gasteiger partial charge is 0.355 e. The number of halogens is 2. The first-order valence-corrected chi connectivity index (χ1v) is 14.9. The highest BCUT2D eigenvalue weighted by Gasteiger charge is 2.34. The van der Waals surface area contributed by atoms with Gasteiger partial charge in [0.2, 0.25) is 12.5 Å². The molecule has 1 fully saturated rings. The van der Waals surface area contributed by atoms with Gasteiger partial charge in [0.1, 0.15) is 29.2 Å². The topological polar surface area (TPSA) is 123 Å². The normalized spacial score (nSPS) is 15.4. The monoisotopic (exact) mass is 605 g/mol. The summed E-state index contributed by atoms with van der Waals surface area (Å²) in [5.41, 5.74) is -1.70. The van der Waals surface area contributed by atoms with Gasteiger partial charge in [0.15, 0.2) is 15.5 Å². The third-order valence-electron chi connectivity index (χ3n) is 7.17. The van der Waals surface area contributed by atoms with Crippen molar-refractivity contribution in [3.63, 3.8) is 0 Å². The Morgan fingerprint density at radius 2 is 1.93 bits per heavy atom. The molecule has 0 unspecified atom stereocenters. The van der Waals surface area contributed by atoms with E-state index in [1.165, 1.54) is 48.4 Å². The van der Waals surface area contributed by atoms with Crippen molar-refractivity contribution in [1.82, 2.24) is 24.4 Å². The van der Waals surface area contributed by atoms with E-state index in [4.69, 9.17) is 6.57 Å². The van der Waals surface area contributed by atoms with Gasteiger partial charge in [-0.1, -0.05) is 18.7 Å². The molecule has 1 aliphatic rings. The number of nitrogens with zero attached hydrogens (tertiary/aromatic N) is 7. The van der Waals surface area contributed by atoms with Crippen LogP contribution in [0.25, 0.3) is 32.8 Å². The summed E-state index contributed by atoms with van der Waals surface area (Å²) in [6.07, 6.45) is 3.41. The fourth-order valence-corrected chi connectivity index (χ4v) is 6.10. The summed E-state index contributed by atoms with van der Waals surface area (Å²) in [5.74, 6) is -2.01. The van der Waals surface area contributed by atoms with E-state index in [2.05, 4.69) is 26.4 Å². The molecule has 1 aromatic carbocycles. The quantitative estimate of drug-likeness (QED) is 0.243. The number of aromatic nitrogens is 4. The van der Waals surface area contributed by atoms with Gasteiger partial charge in [0, 0.05) is 37.7 Å². The lowest BCUT2D eigenvalue weighted by atomic mass is 10.1. The van der Waals surface area contributed by atoms with Crippen molar-refractivity contribution in [2.75, 3.05) is 37.3 Å². The zero-order valence-electron chi connectivity index (χ0n) is 23.2. The number of fused-ring (bicyclic) bond motifs is 1. The van der Waals surface area contributed by atoms with Crippen LogP contribution in [0.5, 0.6) is 0 Å². The summed E-state index contributed by atoms with van der Waals surface area (Å²) in [6, 6.07) is 7.06. The molecule has 4 aromatic rings. The van der Waals surface area contributed by atoms with Crippen molar-refractivity contribution in [2.45, 2.75) is 17.9 Å². The van der Waals surface area contributed by atoms with Crippen molar-refractivity contribution in [3.8, 4) is 16.9 Å². The fraction of sp³-hybridized carbons (Fsp3) is 0.241. The third-order valence-corrected chi connectivity index (χ3v) is 8.30. The Kier molecular flexibility index (Phi) is 7.76. The number of hydrogen-bond acceptors (Lipinski definition) is 8. The summed E-state index contributed by atoms with van der Waals surface area (Å²) in [7, 11) is -3.91. The standard InChI is InChI=1S/C29H25F2N7O4S/c1-5-24(39)36-12-13-37(18(16-36)15-32-3)27-20-14-22(31)25(19-8-6-7-9-21(19)30)34-28(20)38(29(40)35-27)26-17(2)33-11-10-23(26)43(4,41)42/h5-11,14,18H,1,12-13,15-16H2,2,4H3/t18-/m0/s1. The molecular formula is C29H25F2N7O4S. The Bertz CT molecular complexity index is 2010. The number of hydrogen-bond donors (Lipinski definition) is 0. The minimum absolute atomic E-state index is 0.00969. The highest BCUT2D eigenvalue weighted by atomic mass is 32.2. The van der Waals surface area contributed by atoms with Crippen molar-refractivity contribution >= 4 is 32.6 Å². The van der Waals surface area contributed by atoms with E-state index in [-0.39, 0.29) is 70.8 Å². The number of benzene rings is 1. The van der Waals surface area contributed by atoms with Gasteiger partial charge in [0.25, 0.3) is 0 Å². The minimum Gasteiger partial charge on any atom is -0.342 e. The molecule has 11 nitrogen and oxygen atoms in total. The summed E-state index contributed by atoms with van der Waals surface area (Å²) in [6.45, 7) is 12.9. The molecule has 0 spiro atoms. The summed E-state index contributed by atoms with van der Waals surface area (Å²) < 4.78 is 57.1. The van der Waals surface area contributed by atoms with Crippen LogP contribution in [0.4, 0.5) is 14.6 Å². The molecule has 1 amide bonds. The van der Waals surface area contributed by atoms with E-state index >= 15 is 4.39 Å². The van der Waals surface area contributed by atoms with E-state index in [0.29, 0.717) is 0 Å². The predicted octanol–water partition coefficient (Wildman–Crippen LogP) is 2.96. The molecule has 0 radical (unpaired) electrons. The third kappa shape index (κ3) is 5.35. The highest BCUT2D eigenvalue weighted by molar-refractivity contribution is 7.90. The van der Waals surface area contributed by atoms with E-state index < -0.39 is 38.9 Å². The molecule has 0 saturated carbocycles. The van der Waals surface area contributed by atoms with Gasteiger partial charge in [-0.25, -0.2) is 38.1 Å². The number of amides is 1. The van der Waals surface area contributed by atoms with Crippen LogP contribution in [-0.4, -0.2) is 77.2 Å². The Morgan fingerprint density at radius 1 is 1.19 bits per heavy atom. The van der Waals surface area contributed by atoms with Gasteiger partial charge < -0.3 is 14.6 Å². The molecule has 1 aliphatic heterocycles. The number of pyridine rings is 2. The van der Waals surface area contributed by atoms with Crippen LogP contribution in [0.3, 0.4) is 0 Å². The second-order valence-corrected chi connectivity index (χ2v) is 11.9. The van der Waals surface area contributed by atoms with Gasteiger partial charge in [-0.2, -0.15) is 4.98 Å². The second kappa shape index (κ2) is 11.3. The van der Waals surface area contributed by atoms with Crippen molar-refractivity contribution in [2.24, 2.45) is 0 Å². The van der Waals surface area contributed by atoms with Crippen LogP contribution in [0.15, 0.2) is 64.9 Å². The van der Waals surface area contributed by atoms with E-state index in [9.17, 15) is 22.4 Å². The first-order chi connectivity index (χ1) is 20.5. The molecule has 1 atom stereocenters. The lowest BCUT2D eigenvalue weighted by Crippen LogP contribution is -2.56. The summed E-state index contributed by atoms with van der Waals surface area (Å²) >= 11 is 0. The number of sulfone groups is 1. The van der Waals surface area contributed by atoms with Crippen LogP contribution >= 0.6 is 0 Å². The molecule has 43 heavy (non-hydrogen) atoms. The average molecular weight is 606 g/mol. The molecule has 5 rings (SSSR count). The zero-order valence-corrected chi connectivity index (χ0v) is 24.0. The van der Waals surface area contributed by atoms with Crippen molar-refractivity contribution in [1.29, 1.82) is 0 Å². The molecule has 0 aliphatic carbocycles. The SMILES string of the molecule is [C-]#[N+]C[C@H]1CN(C(=O)C=C)CCN1c1nc(=O)n(-c2c(S(C)(=O)=O)ccnc2C)c2nc(-c3ccccc3F)c(F)cc12. The van der Waals surface area contributed by atoms with E-state index in [1.807, 2.05) is 0 Å². The van der Waals surface area contributed by atoms with Gasteiger partial charge >= 0.3 is 5.69 Å². The Hall–Kier alpha value is -5.03. The van der Waals surface area contributed by atoms with Crippen molar-refractivity contribution in [3.05, 3.63) is 94.5 Å². The average Bonchev–Trinajstić information content (AvgIpc) is 2.97. The number of aryl methyl sites for hydroxylation is 1. The van der Waals surface area contributed by atoms with Crippen LogP contribution < -0.4 is 10.6 Å². The lowest BCUT2D eigenvalue weighted by Gasteiger charge is -2.39. The van der Waals surface area contributed by atoms with E-state index in [1.54, 1.807) is 4.90 Å². The number of carbonyl (C=O) groups excluding carboxylic acids is 1. The molecule has 1 saturated heterocycles. The molecule has 14 heteroatoms. The maximum absolute atomic E-state index is 15.8. The van der Waals surface area contributed by atoms with Crippen LogP contribution in [-0.2, 0) is 14.6 Å². The first-order valence-electron chi connectivity index (χ1n) is 13.0. The second-order valence-electron chi connectivity index (χ2n) is 9.91. The molecular weight excluding hydrogens is 580 g/mol. The number of anilines is 1. The molecule has 220 valence electrons. The Labute approximate surface area is 245 Å². The zero-order chi connectivity index (χ0) is 31.1. The van der Waals surface area contributed by atoms with E-state index in [0.717, 1.165) is 23.0 Å².